The number of carboxylic acids is 1. The van der Waals surface area contributed by atoms with Crippen molar-refractivity contribution in [2.45, 2.75) is 38.0 Å². The maximum Gasteiger partial charge on any atom is 0.322 e. The zero-order chi connectivity index (χ0) is 21.3. The monoisotopic (exact) mass is 525 g/mol. The summed E-state index contributed by atoms with van der Waals surface area (Å²) in [6.45, 7) is 3.58. The van der Waals surface area contributed by atoms with Crippen LogP contribution in [0.4, 0.5) is 0 Å². The average Bonchev–Trinajstić information content (AvgIpc) is 3.45. The fraction of sp³-hybridized carbons (Fsp3) is 0.333. The van der Waals surface area contributed by atoms with Crippen molar-refractivity contribution in [1.82, 2.24) is 5.32 Å². The quantitative estimate of drug-likeness (QED) is 0.468. The smallest absolute Gasteiger partial charge is 0.322 e. The third-order valence-electron chi connectivity index (χ3n) is 4.98. The molecule has 0 unspecified atom stereocenters. The zero-order valence-corrected chi connectivity index (χ0v) is 19.1. The Morgan fingerprint density at radius 3 is 2.31 bits per heavy atom. The molecule has 1 aliphatic rings. The fourth-order valence-corrected chi connectivity index (χ4v) is 4.56. The first-order chi connectivity index (χ1) is 13.6. The Balaban J connectivity index is 1.86. The van der Waals surface area contributed by atoms with Gasteiger partial charge in [0, 0.05) is 5.56 Å². The van der Waals surface area contributed by atoms with Crippen molar-refractivity contribution < 1.29 is 24.5 Å². The number of carbonyl (C=O) groups is 2. The van der Waals surface area contributed by atoms with Crippen molar-refractivity contribution in [3.63, 3.8) is 0 Å². The van der Waals surface area contributed by atoms with Gasteiger partial charge in [-0.2, -0.15) is 0 Å². The fourth-order valence-electron chi connectivity index (χ4n) is 3.21. The Kier molecular flexibility index (Phi) is 6.24. The van der Waals surface area contributed by atoms with Crippen LogP contribution in [0.15, 0.2) is 39.3 Å². The van der Waals surface area contributed by atoms with Gasteiger partial charge in [-0.15, -0.1) is 0 Å². The van der Waals surface area contributed by atoms with Crippen LogP contribution in [0.25, 0.3) is 0 Å². The Morgan fingerprint density at radius 1 is 1.17 bits per heavy atom. The third kappa shape index (κ3) is 4.59. The number of phenols is 1. The molecule has 0 aromatic heterocycles. The van der Waals surface area contributed by atoms with Crippen LogP contribution in [0.2, 0.25) is 0 Å². The minimum Gasteiger partial charge on any atom is -0.508 e. The average molecular weight is 527 g/mol. The van der Waals surface area contributed by atoms with Gasteiger partial charge in [0.2, 0.25) is 5.91 Å². The SMILES string of the molecule is CC(C)c1cc(Oc2c(Br)cc(C3(C(=O)NCC(=O)O)CC3)cc2Br)ccc1O. The molecular weight excluding hydrogens is 506 g/mol. The maximum atomic E-state index is 12.5. The molecule has 1 saturated carbocycles. The van der Waals surface area contributed by atoms with Crippen LogP contribution in [0.5, 0.6) is 17.2 Å². The third-order valence-corrected chi connectivity index (χ3v) is 6.15. The number of benzene rings is 2. The summed E-state index contributed by atoms with van der Waals surface area (Å²) in [5.41, 5.74) is 0.876. The van der Waals surface area contributed by atoms with Gasteiger partial charge in [0.15, 0.2) is 5.75 Å². The van der Waals surface area contributed by atoms with E-state index in [0.29, 0.717) is 33.3 Å². The number of ether oxygens (including phenoxy) is 1. The number of hydrogen-bond donors (Lipinski definition) is 3. The molecule has 3 rings (SSSR count). The molecule has 0 saturated heterocycles. The van der Waals surface area contributed by atoms with Crippen molar-refractivity contribution in [2.75, 3.05) is 6.54 Å². The highest BCUT2D eigenvalue weighted by Crippen LogP contribution is 2.51. The lowest BCUT2D eigenvalue weighted by atomic mass is 9.95. The zero-order valence-electron chi connectivity index (χ0n) is 16.0. The van der Waals surface area contributed by atoms with Gasteiger partial charge in [-0.05, 0) is 86.5 Å². The molecule has 0 radical (unpaired) electrons. The molecule has 2 aromatic rings. The van der Waals surface area contributed by atoms with E-state index in [1.165, 1.54) is 0 Å². The molecule has 6 nitrogen and oxygen atoms in total. The Hall–Kier alpha value is -2.06. The standard InChI is InChI=1S/C21H21Br2NO5/c1-11(2)14-9-13(3-4-17(14)25)29-19-15(22)7-12(8-16(19)23)21(5-6-21)20(28)24-10-18(26)27/h3-4,7-9,11,25H,5-6,10H2,1-2H3,(H,24,28)(H,26,27). The summed E-state index contributed by atoms with van der Waals surface area (Å²) >= 11 is 7.04. The minimum absolute atomic E-state index is 0.145. The van der Waals surface area contributed by atoms with E-state index in [0.717, 1.165) is 11.1 Å². The lowest BCUT2D eigenvalue weighted by Crippen LogP contribution is -2.37. The van der Waals surface area contributed by atoms with E-state index in [-0.39, 0.29) is 17.6 Å². The molecule has 1 aliphatic carbocycles. The first kappa shape index (κ1) is 21.6. The molecule has 1 amide bonds. The van der Waals surface area contributed by atoms with Gasteiger partial charge >= 0.3 is 5.97 Å². The summed E-state index contributed by atoms with van der Waals surface area (Å²) in [4.78, 5) is 23.2. The second-order valence-corrected chi connectivity index (χ2v) is 9.11. The number of halogens is 2. The van der Waals surface area contributed by atoms with E-state index in [2.05, 4.69) is 37.2 Å². The van der Waals surface area contributed by atoms with Gasteiger partial charge in [0.05, 0.1) is 14.4 Å². The van der Waals surface area contributed by atoms with Gasteiger partial charge in [-0.1, -0.05) is 13.8 Å². The van der Waals surface area contributed by atoms with Crippen molar-refractivity contribution >= 4 is 43.7 Å². The highest BCUT2D eigenvalue weighted by molar-refractivity contribution is 9.11. The normalized spacial score (nSPS) is 14.5. The number of phenolic OH excluding ortho intramolecular Hbond substituents is 1. The number of aromatic hydroxyl groups is 1. The molecule has 1 fully saturated rings. The van der Waals surface area contributed by atoms with E-state index < -0.39 is 17.9 Å². The van der Waals surface area contributed by atoms with Crippen LogP contribution >= 0.6 is 31.9 Å². The first-order valence-electron chi connectivity index (χ1n) is 9.14. The lowest BCUT2D eigenvalue weighted by Gasteiger charge is -2.18. The molecule has 154 valence electrons. The largest absolute Gasteiger partial charge is 0.508 e. The van der Waals surface area contributed by atoms with Gasteiger partial charge in [-0.25, -0.2) is 0 Å². The van der Waals surface area contributed by atoms with Gasteiger partial charge in [0.25, 0.3) is 0 Å². The summed E-state index contributed by atoms with van der Waals surface area (Å²) < 4.78 is 7.36. The summed E-state index contributed by atoms with van der Waals surface area (Å²) in [6, 6.07) is 8.76. The number of carboxylic acid groups (broad SMARTS) is 1. The number of aliphatic carboxylic acids is 1. The molecule has 29 heavy (non-hydrogen) atoms. The molecule has 0 heterocycles. The van der Waals surface area contributed by atoms with E-state index in [1.54, 1.807) is 18.2 Å². The van der Waals surface area contributed by atoms with Crippen molar-refractivity contribution in [3.8, 4) is 17.2 Å². The summed E-state index contributed by atoms with van der Waals surface area (Å²) in [5.74, 6) is 0.148. The molecule has 0 atom stereocenters. The van der Waals surface area contributed by atoms with Crippen LogP contribution in [-0.2, 0) is 15.0 Å². The molecular formula is C21H21Br2NO5. The molecule has 3 N–H and O–H groups in total. The number of amides is 1. The topological polar surface area (TPSA) is 95.9 Å². The molecule has 0 aliphatic heterocycles. The van der Waals surface area contributed by atoms with E-state index >= 15 is 0 Å². The Morgan fingerprint density at radius 2 is 1.79 bits per heavy atom. The Labute approximate surface area is 185 Å². The maximum absolute atomic E-state index is 12.5. The highest BCUT2D eigenvalue weighted by atomic mass is 79.9. The predicted octanol–water partition coefficient (Wildman–Crippen LogP) is 5.07. The summed E-state index contributed by atoms with van der Waals surface area (Å²) in [6.07, 6.45) is 1.32. The van der Waals surface area contributed by atoms with Gasteiger partial charge in [-0.3, -0.25) is 9.59 Å². The van der Waals surface area contributed by atoms with E-state index in [1.807, 2.05) is 26.0 Å². The predicted molar refractivity (Wildman–Crippen MR) is 116 cm³/mol. The first-order valence-corrected chi connectivity index (χ1v) is 10.7. The highest BCUT2D eigenvalue weighted by Gasteiger charge is 2.51. The number of rotatable bonds is 7. The van der Waals surface area contributed by atoms with E-state index in [4.69, 9.17) is 9.84 Å². The molecule has 2 aromatic carbocycles. The minimum atomic E-state index is -1.07. The number of nitrogens with one attached hydrogen (secondary N) is 1. The molecule has 0 bridgehead atoms. The van der Waals surface area contributed by atoms with Gasteiger partial charge < -0.3 is 20.3 Å². The van der Waals surface area contributed by atoms with Crippen molar-refractivity contribution in [2.24, 2.45) is 0 Å². The second-order valence-electron chi connectivity index (χ2n) is 7.40. The molecule has 0 spiro atoms. The molecule has 8 heteroatoms. The van der Waals surface area contributed by atoms with Crippen LogP contribution in [0.3, 0.4) is 0 Å². The van der Waals surface area contributed by atoms with Gasteiger partial charge in [0.1, 0.15) is 18.0 Å². The van der Waals surface area contributed by atoms with Crippen LogP contribution in [-0.4, -0.2) is 28.6 Å². The van der Waals surface area contributed by atoms with Crippen molar-refractivity contribution in [1.29, 1.82) is 0 Å². The summed E-state index contributed by atoms with van der Waals surface area (Å²) in [5, 5.41) is 21.3. The number of hydrogen-bond acceptors (Lipinski definition) is 4. The van der Waals surface area contributed by atoms with Crippen molar-refractivity contribution in [3.05, 3.63) is 50.4 Å². The second kappa shape index (κ2) is 8.36. The Bertz CT molecular complexity index is 947. The van der Waals surface area contributed by atoms with Crippen LogP contribution < -0.4 is 10.1 Å². The van der Waals surface area contributed by atoms with E-state index in [9.17, 15) is 14.7 Å². The lowest BCUT2D eigenvalue weighted by molar-refractivity contribution is -0.138. The summed E-state index contributed by atoms with van der Waals surface area (Å²) in [7, 11) is 0. The van der Waals surface area contributed by atoms with Crippen LogP contribution in [0.1, 0.15) is 43.7 Å². The van der Waals surface area contributed by atoms with Crippen LogP contribution in [0, 0.1) is 0 Å². The number of carbonyl (C=O) groups excluding carboxylic acids is 1.